The van der Waals surface area contributed by atoms with E-state index in [-0.39, 0.29) is 59.7 Å². The molecular formula is C44H88O8Sn2. The van der Waals surface area contributed by atoms with Crippen LogP contribution in [0.5, 0.6) is 0 Å². The number of carboxylic acid groups (broad SMARTS) is 4. The van der Waals surface area contributed by atoms with E-state index in [0.717, 1.165) is 25.7 Å². The number of aliphatic carboxylic acids is 4. The van der Waals surface area contributed by atoms with Gasteiger partial charge in [-0.1, -0.05) is 212 Å². The molecule has 0 fully saturated rings. The minimum atomic E-state index is -1.55. The third-order valence-electron chi connectivity index (χ3n) is 7.82. The first-order valence-electron chi connectivity index (χ1n) is 21.2. The summed E-state index contributed by atoms with van der Waals surface area (Å²) in [4.78, 5) is 40.0. The maximum absolute atomic E-state index is 10.6. The largest absolute Gasteiger partial charge is 2.00 e. The molecule has 0 aromatic heterocycles. The van der Waals surface area contributed by atoms with Crippen LogP contribution in [0.1, 0.15) is 237 Å². The zero-order valence-corrected chi connectivity index (χ0v) is 43.3. The first-order chi connectivity index (χ1) is 24.7. The van der Waals surface area contributed by atoms with Crippen LogP contribution in [0.15, 0.2) is 12.2 Å². The molecule has 0 aromatic carbocycles. The maximum Gasteiger partial charge on any atom is 2.00 e. The van der Waals surface area contributed by atoms with Crippen LogP contribution in [-0.4, -0.2) is 71.7 Å². The van der Waals surface area contributed by atoms with Crippen molar-refractivity contribution in [3.63, 3.8) is 0 Å². The van der Waals surface area contributed by atoms with Gasteiger partial charge in [0.1, 0.15) is 0 Å². The number of hydrogen-bond donors (Lipinski definition) is 0. The summed E-state index contributed by atoms with van der Waals surface area (Å²) in [5, 5.41) is 40.0. The van der Waals surface area contributed by atoms with Gasteiger partial charge in [-0.25, -0.2) is 0 Å². The van der Waals surface area contributed by atoms with Crippen molar-refractivity contribution in [3.05, 3.63) is 12.2 Å². The van der Waals surface area contributed by atoms with Gasteiger partial charge in [-0.05, 0) is 49.7 Å². The summed E-state index contributed by atoms with van der Waals surface area (Å²) >= 11 is 0. The number of rotatable bonds is 24. The van der Waals surface area contributed by atoms with Crippen LogP contribution in [-0.2, 0) is 19.2 Å². The molecule has 0 saturated heterocycles. The Morgan fingerprint density at radius 1 is 0.352 bits per heavy atom. The molecule has 0 N–H and O–H groups in total. The van der Waals surface area contributed by atoms with Gasteiger partial charge in [-0.15, -0.1) is 0 Å². The Morgan fingerprint density at radius 3 is 0.704 bits per heavy atom. The molecule has 0 aliphatic rings. The molecular weight excluding hydrogens is 894 g/mol. The van der Waals surface area contributed by atoms with Gasteiger partial charge in [0.05, 0.1) is 11.9 Å². The fourth-order valence-electron chi connectivity index (χ4n) is 3.46. The molecule has 0 aromatic rings. The smallest absolute Gasteiger partial charge is 0.550 e. The number of carbonyl (C=O) groups excluding carboxylic acids is 4. The normalized spacial score (nSPS) is 10.2. The summed E-state index contributed by atoms with van der Waals surface area (Å²) in [5.41, 5.74) is 0. The second-order valence-corrected chi connectivity index (χ2v) is 12.9. The van der Waals surface area contributed by atoms with Crippen molar-refractivity contribution >= 4 is 71.7 Å². The molecule has 0 saturated carbocycles. The van der Waals surface area contributed by atoms with Gasteiger partial charge in [-0.3, -0.25) is 0 Å². The summed E-state index contributed by atoms with van der Waals surface area (Å²) < 4.78 is 0. The fourth-order valence-corrected chi connectivity index (χ4v) is 3.46. The molecule has 0 aliphatic carbocycles. The molecule has 8 nitrogen and oxygen atoms in total. The van der Waals surface area contributed by atoms with E-state index in [1.807, 2.05) is 13.8 Å². The van der Waals surface area contributed by atoms with Crippen molar-refractivity contribution < 1.29 is 39.6 Å². The molecule has 320 valence electrons. The van der Waals surface area contributed by atoms with Gasteiger partial charge in [0.2, 0.25) is 0 Å². The first kappa shape index (κ1) is 74.2. The first-order valence-corrected chi connectivity index (χ1v) is 21.2. The molecule has 0 spiro atoms. The van der Waals surface area contributed by atoms with Gasteiger partial charge in [0, 0.05) is 11.9 Å². The molecule has 10 heteroatoms. The molecule has 0 bridgehead atoms. The Kier molecular flexibility index (Phi) is 101. The minimum Gasteiger partial charge on any atom is -0.550 e. The summed E-state index contributed by atoms with van der Waals surface area (Å²) in [5.74, 6) is -5.28. The Balaban J connectivity index is -0.0000000670. The van der Waals surface area contributed by atoms with E-state index in [9.17, 15) is 39.6 Å². The van der Waals surface area contributed by atoms with Crippen molar-refractivity contribution in [1.29, 1.82) is 0 Å². The van der Waals surface area contributed by atoms with E-state index in [1.54, 1.807) is 0 Å². The third kappa shape index (κ3) is 98.5. The predicted octanol–water partition coefficient (Wildman–Crippen LogP) is 8.53. The second-order valence-electron chi connectivity index (χ2n) is 12.9. The van der Waals surface area contributed by atoms with Crippen LogP contribution >= 0.6 is 0 Å². The Morgan fingerprint density at radius 2 is 0.556 bits per heavy atom. The van der Waals surface area contributed by atoms with E-state index < -0.39 is 23.9 Å². The average Bonchev–Trinajstić information content (AvgIpc) is 3.14. The molecule has 4 radical (unpaired) electrons. The average molecular weight is 983 g/mol. The van der Waals surface area contributed by atoms with Crippen LogP contribution in [0.2, 0.25) is 0 Å². The van der Waals surface area contributed by atoms with Gasteiger partial charge in [-0.2, -0.15) is 0 Å². The van der Waals surface area contributed by atoms with E-state index >= 15 is 0 Å². The van der Waals surface area contributed by atoms with Crippen LogP contribution in [0.25, 0.3) is 0 Å². The molecule has 0 amide bonds. The predicted molar refractivity (Wildman–Crippen MR) is 227 cm³/mol. The van der Waals surface area contributed by atoms with Crippen molar-refractivity contribution in [2.45, 2.75) is 237 Å². The molecule has 0 aliphatic heterocycles. The Bertz CT molecular complexity index is 645. The molecule has 0 rings (SSSR count). The second kappa shape index (κ2) is 73.3. The number of hydrogen-bond acceptors (Lipinski definition) is 8. The van der Waals surface area contributed by atoms with E-state index in [0.29, 0.717) is 25.0 Å². The van der Waals surface area contributed by atoms with Crippen LogP contribution < -0.4 is 20.4 Å². The zero-order chi connectivity index (χ0) is 41.8. The van der Waals surface area contributed by atoms with Gasteiger partial charge < -0.3 is 39.6 Å². The molecule has 2 unspecified atom stereocenters. The minimum absolute atomic E-state index is 0. The quantitative estimate of drug-likeness (QED) is 0.0529. The zero-order valence-electron chi connectivity index (χ0n) is 37.5. The van der Waals surface area contributed by atoms with Crippen LogP contribution in [0.4, 0.5) is 0 Å². The van der Waals surface area contributed by atoms with Crippen LogP contribution in [0.3, 0.4) is 0 Å². The topological polar surface area (TPSA) is 161 Å². The standard InChI is InChI=1S/2C12H24O2.C4H4O4.4C4H10.2Sn/c2*1-3-5-6-7-8-9-10-11(4-2)12(13)14;5-3(6)1-2-4(7)8;4*1-3-4-2;;/h2*11H,3-10H2,1-2H3,(H,13,14);1-2H,(H,5,6)(H,7,8);4*3-4H2,1-2H3;;/q;;;;;;;2*+2/p-4. The number of carboxylic acids is 4. The van der Waals surface area contributed by atoms with Crippen molar-refractivity contribution in [3.8, 4) is 0 Å². The van der Waals surface area contributed by atoms with E-state index in [1.165, 1.54) is 116 Å². The third-order valence-corrected chi connectivity index (χ3v) is 7.82. The van der Waals surface area contributed by atoms with Gasteiger partial charge in [0.15, 0.2) is 0 Å². The fraction of sp³-hybridized carbons (Fsp3) is 0.864. The molecule has 54 heavy (non-hydrogen) atoms. The molecule has 0 heterocycles. The summed E-state index contributed by atoms with van der Waals surface area (Å²) in [7, 11) is 0. The van der Waals surface area contributed by atoms with Crippen molar-refractivity contribution in [2.75, 3.05) is 0 Å². The molecule has 2 atom stereocenters. The number of carbonyl (C=O) groups is 4. The Hall–Kier alpha value is -0.783. The summed E-state index contributed by atoms with van der Waals surface area (Å²) in [6, 6.07) is 0. The number of unbranched alkanes of at least 4 members (excludes halogenated alkanes) is 14. The van der Waals surface area contributed by atoms with E-state index in [4.69, 9.17) is 0 Å². The van der Waals surface area contributed by atoms with Gasteiger partial charge >= 0.3 is 47.8 Å². The summed E-state index contributed by atoms with van der Waals surface area (Å²) in [6.07, 6.45) is 28.9. The summed E-state index contributed by atoms with van der Waals surface area (Å²) in [6.45, 7) is 25.7. The monoisotopic (exact) mass is 984 g/mol. The Labute approximate surface area is 370 Å². The SMILES string of the molecule is CCCC.CCCC.CCCC.CCCC.CCCCCCCCC(CC)C(=O)[O-].CCCCCCCCC(CC)C(=O)[O-].O=C([O-])C=CC(=O)[O-].[Sn+2].[Sn+2]. The van der Waals surface area contributed by atoms with Crippen molar-refractivity contribution in [2.24, 2.45) is 11.8 Å². The maximum atomic E-state index is 10.6. The van der Waals surface area contributed by atoms with Gasteiger partial charge in [0.25, 0.3) is 0 Å². The van der Waals surface area contributed by atoms with Crippen molar-refractivity contribution in [1.82, 2.24) is 0 Å². The van der Waals surface area contributed by atoms with Crippen LogP contribution in [0, 0.1) is 11.8 Å². The van der Waals surface area contributed by atoms with E-state index in [2.05, 4.69) is 69.2 Å².